The maximum atomic E-state index is 9.21. The number of unbranched alkanes of at least 4 members (excludes halogenated alkanes) is 1. The zero-order valence-corrected chi connectivity index (χ0v) is 11.1. The third-order valence-corrected chi connectivity index (χ3v) is 3.60. The van der Waals surface area contributed by atoms with Crippen molar-refractivity contribution in [3.05, 3.63) is 29.3 Å². The molecule has 18 heavy (non-hydrogen) atoms. The minimum atomic E-state index is 0.319. The molecule has 0 saturated heterocycles. The van der Waals surface area contributed by atoms with Crippen molar-refractivity contribution < 1.29 is 4.74 Å². The number of hydrogen-bond acceptors (Lipinski definition) is 2. The highest BCUT2D eigenvalue weighted by atomic mass is 16.5. The van der Waals surface area contributed by atoms with Crippen molar-refractivity contribution in [3.8, 4) is 11.8 Å². The summed E-state index contributed by atoms with van der Waals surface area (Å²) in [6.45, 7) is 2.19. The molecule has 2 rings (SSSR count). The molecule has 1 fully saturated rings. The monoisotopic (exact) mass is 243 g/mol. The van der Waals surface area contributed by atoms with Crippen LogP contribution >= 0.6 is 0 Å². The lowest BCUT2D eigenvalue weighted by Crippen LogP contribution is -2.13. The molecule has 1 saturated carbocycles. The molecule has 0 amide bonds. The molecule has 0 unspecified atom stereocenters. The topological polar surface area (TPSA) is 33.0 Å². The van der Waals surface area contributed by atoms with E-state index >= 15 is 0 Å². The number of nitriles is 1. The zero-order valence-electron chi connectivity index (χ0n) is 11.1. The summed E-state index contributed by atoms with van der Waals surface area (Å²) in [6, 6.07) is 8.18. The molecule has 1 aromatic rings. The van der Waals surface area contributed by atoms with Gasteiger partial charge in [-0.1, -0.05) is 25.5 Å². The predicted octanol–water partition coefficient (Wildman–Crippen LogP) is 4.22. The first-order valence-corrected chi connectivity index (χ1v) is 7.03. The van der Waals surface area contributed by atoms with Crippen LogP contribution in [0.3, 0.4) is 0 Å². The van der Waals surface area contributed by atoms with Crippen LogP contribution in [-0.4, -0.2) is 6.10 Å². The van der Waals surface area contributed by atoms with Crippen molar-refractivity contribution in [2.45, 2.75) is 58.0 Å². The molecule has 0 spiro atoms. The van der Waals surface area contributed by atoms with Gasteiger partial charge in [-0.3, -0.25) is 0 Å². The van der Waals surface area contributed by atoms with Crippen LogP contribution in [0.25, 0.3) is 0 Å². The minimum absolute atomic E-state index is 0.319. The second kappa shape index (κ2) is 6.44. The maximum absolute atomic E-state index is 9.21. The molecule has 0 atom stereocenters. The molecule has 1 aromatic carbocycles. The van der Waals surface area contributed by atoms with E-state index in [1.807, 2.05) is 12.1 Å². The highest BCUT2D eigenvalue weighted by Crippen LogP contribution is 2.30. The quantitative estimate of drug-likeness (QED) is 0.775. The van der Waals surface area contributed by atoms with E-state index in [1.165, 1.54) is 24.8 Å². The van der Waals surface area contributed by atoms with E-state index in [1.54, 1.807) is 0 Å². The summed E-state index contributed by atoms with van der Waals surface area (Å²) in [7, 11) is 0. The van der Waals surface area contributed by atoms with Crippen molar-refractivity contribution in [3.63, 3.8) is 0 Å². The van der Waals surface area contributed by atoms with Gasteiger partial charge in [0.1, 0.15) is 11.8 Å². The minimum Gasteiger partial charge on any atom is -0.489 e. The molecule has 0 bridgehead atoms. The van der Waals surface area contributed by atoms with E-state index in [-0.39, 0.29) is 0 Å². The Hall–Kier alpha value is -1.49. The second-order valence-corrected chi connectivity index (χ2v) is 5.03. The highest BCUT2D eigenvalue weighted by molar-refractivity contribution is 5.48. The Kier molecular flexibility index (Phi) is 4.64. The van der Waals surface area contributed by atoms with Crippen molar-refractivity contribution in [1.29, 1.82) is 5.26 Å². The second-order valence-electron chi connectivity index (χ2n) is 5.03. The normalized spacial score (nSPS) is 15.6. The lowest BCUT2D eigenvalue weighted by molar-refractivity contribution is 0.207. The van der Waals surface area contributed by atoms with Gasteiger partial charge in [-0.15, -0.1) is 0 Å². The van der Waals surface area contributed by atoms with Crippen LogP contribution in [0.1, 0.15) is 56.6 Å². The summed E-state index contributed by atoms with van der Waals surface area (Å²) >= 11 is 0. The summed E-state index contributed by atoms with van der Waals surface area (Å²) in [6.07, 6.45) is 8.41. The molecule has 0 aromatic heterocycles. The van der Waals surface area contributed by atoms with Crippen molar-refractivity contribution in [2.75, 3.05) is 0 Å². The van der Waals surface area contributed by atoms with E-state index in [9.17, 15) is 5.26 Å². The molecule has 0 aliphatic heterocycles. The zero-order chi connectivity index (χ0) is 12.8. The van der Waals surface area contributed by atoms with Crippen LogP contribution in [-0.2, 0) is 6.42 Å². The number of hydrogen-bond donors (Lipinski definition) is 0. The van der Waals surface area contributed by atoms with Gasteiger partial charge in [-0.2, -0.15) is 5.26 Å². The lowest BCUT2D eigenvalue weighted by atomic mass is 10.0. The van der Waals surface area contributed by atoms with Crippen molar-refractivity contribution in [2.24, 2.45) is 0 Å². The largest absolute Gasteiger partial charge is 0.489 e. The van der Waals surface area contributed by atoms with E-state index in [0.29, 0.717) is 11.7 Å². The Balaban J connectivity index is 2.20. The van der Waals surface area contributed by atoms with Gasteiger partial charge in [-0.25, -0.2) is 0 Å². The number of para-hydroxylation sites is 1. The first-order valence-electron chi connectivity index (χ1n) is 7.03. The fourth-order valence-corrected chi connectivity index (χ4v) is 2.55. The molecular weight excluding hydrogens is 222 g/mol. The van der Waals surface area contributed by atoms with Crippen LogP contribution in [0.5, 0.6) is 5.75 Å². The molecule has 96 valence electrons. The van der Waals surface area contributed by atoms with Crippen LogP contribution in [0.2, 0.25) is 0 Å². The van der Waals surface area contributed by atoms with Crippen molar-refractivity contribution >= 4 is 0 Å². The first kappa shape index (κ1) is 13.0. The van der Waals surface area contributed by atoms with Gasteiger partial charge in [0, 0.05) is 0 Å². The summed E-state index contributed by atoms with van der Waals surface area (Å²) in [5.41, 5.74) is 1.89. The fraction of sp³-hybridized carbons (Fsp3) is 0.562. The first-order chi connectivity index (χ1) is 8.85. The average Bonchev–Trinajstić information content (AvgIpc) is 2.90. The SMILES string of the molecule is CCCCc1cccc(C#N)c1OC1CCCC1. The highest BCUT2D eigenvalue weighted by Gasteiger charge is 2.19. The Labute approximate surface area is 110 Å². The predicted molar refractivity (Wildman–Crippen MR) is 72.7 cm³/mol. The molecular formula is C16H21NO. The van der Waals surface area contributed by atoms with Gasteiger partial charge >= 0.3 is 0 Å². The van der Waals surface area contributed by atoms with E-state index in [2.05, 4.69) is 19.1 Å². The van der Waals surface area contributed by atoms with Gasteiger partial charge in [0.2, 0.25) is 0 Å². The number of ether oxygens (including phenoxy) is 1. The Morgan fingerprint density at radius 1 is 1.33 bits per heavy atom. The third kappa shape index (κ3) is 3.04. The van der Waals surface area contributed by atoms with E-state index in [0.717, 1.165) is 31.4 Å². The summed E-state index contributed by atoms with van der Waals surface area (Å²) < 4.78 is 6.10. The lowest BCUT2D eigenvalue weighted by Gasteiger charge is -2.17. The Bertz CT molecular complexity index is 427. The number of benzene rings is 1. The molecule has 2 nitrogen and oxygen atoms in total. The molecule has 2 heteroatoms. The van der Waals surface area contributed by atoms with Crippen molar-refractivity contribution in [1.82, 2.24) is 0 Å². The standard InChI is InChI=1S/C16H21NO/c1-2-3-7-13-8-6-9-14(12-17)16(13)18-15-10-4-5-11-15/h6,8-9,15H,2-5,7,10-11H2,1H3. The summed E-state index contributed by atoms with van der Waals surface area (Å²) in [5.74, 6) is 0.848. The summed E-state index contributed by atoms with van der Waals surface area (Å²) in [5, 5.41) is 9.21. The fourth-order valence-electron chi connectivity index (χ4n) is 2.55. The summed E-state index contributed by atoms with van der Waals surface area (Å²) in [4.78, 5) is 0. The van der Waals surface area contributed by atoms with Gasteiger partial charge in [0.05, 0.1) is 11.7 Å². The van der Waals surface area contributed by atoms with Crippen LogP contribution in [0.15, 0.2) is 18.2 Å². The van der Waals surface area contributed by atoms with Crippen LogP contribution < -0.4 is 4.74 Å². The molecule has 0 radical (unpaired) electrons. The number of rotatable bonds is 5. The van der Waals surface area contributed by atoms with Crippen LogP contribution in [0, 0.1) is 11.3 Å². The average molecular weight is 243 g/mol. The van der Waals surface area contributed by atoms with E-state index in [4.69, 9.17) is 4.74 Å². The Morgan fingerprint density at radius 2 is 2.11 bits per heavy atom. The number of nitrogens with zero attached hydrogens (tertiary/aromatic N) is 1. The van der Waals surface area contributed by atoms with Gasteiger partial charge in [0.15, 0.2) is 0 Å². The molecule has 0 N–H and O–H groups in total. The molecule has 1 aliphatic rings. The smallest absolute Gasteiger partial charge is 0.140 e. The van der Waals surface area contributed by atoms with E-state index < -0.39 is 0 Å². The maximum Gasteiger partial charge on any atom is 0.140 e. The molecule has 1 aliphatic carbocycles. The number of aryl methyl sites for hydroxylation is 1. The third-order valence-electron chi connectivity index (χ3n) is 3.60. The molecule has 0 heterocycles. The van der Waals surface area contributed by atoms with Gasteiger partial charge in [0.25, 0.3) is 0 Å². The van der Waals surface area contributed by atoms with Gasteiger partial charge in [-0.05, 0) is 50.2 Å². The Morgan fingerprint density at radius 3 is 2.78 bits per heavy atom. The van der Waals surface area contributed by atoms with Gasteiger partial charge < -0.3 is 4.74 Å². The van der Waals surface area contributed by atoms with Crippen LogP contribution in [0.4, 0.5) is 0 Å².